The van der Waals surface area contributed by atoms with Gasteiger partial charge in [-0.2, -0.15) is 0 Å². The van der Waals surface area contributed by atoms with Gasteiger partial charge in [-0.3, -0.25) is 4.90 Å². The first-order chi connectivity index (χ1) is 9.23. The molecular formula is C14H22N4O. The lowest BCUT2D eigenvalue weighted by molar-refractivity contribution is 0.147. The highest BCUT2D eigenvalue weighted by Crippen LogP contribution is 2.37. The molecule has 0 bridgehead atoms. The molecule has 0 radical (unpaired) electrons. The molecule has 0 aromatic carbocycles. The molecule has 2 aliphatic rings. The average Bonchev–Trinajstić information content (AvgIpc) is 2.80. The quantitative estimate of drug-likeness (QED) is 0.809. The Balaban J connectivity index is 1.81. The van der Waals surface area contributed by atoms with E-state index in [2.05, 4.69) is 26.8 Å². The number of nitrogens with zero attached hydrogens (tertiary/aromatic N) is 4. The molecule has 1 unspecified atom stereocenters. The molecule has 0 N–H and O–H groups in total. The zero-order chi connectivity index (χ0) is 13.3. The normalized spacial score (nSPS) is 28.0. The maximum Gasteiger partial charge on any atom is 0.218 e. The summed E-state index contributed by atoms with van der Waals surface area (Å²) < 4.78 is 5.20. The number of hydrogen-bond acceptors (Lipinski definition) is 5. The van der Waals surface area contributed by atoms with Gasteiger partial charge in [0.2, 0.25) is 5.88 Å². The average molecular weight is 262 g/mol. The fraction of sp³-hybridized carbons (Fsp3) is 0.714. The van der Waals surface area contributed by atoms with Gasteiger partial charge >= 0.3 is 0 Å². The maximum atomic E-state index is 5.20. The molecule has 0 amide bonds. The highest BCUT2D eigenvalue weighted by Gasteiger charge is 2.42. The molecule has 2 fully saturated rings. The van der Waals surface area contributed by atoms with Gasteiger partial charge in [0, 0.05) is 24.7 Å². The van der Waals surface area contributed by atoms with Crippen LogP contribution in [-0.2, 0) is 0 Å². The Morgan fingerprint density at radius 1 is 1.21 bits per heavy atom. The number of anilines is 1. The number of likely N-dealkylation sites (N-methyl/N-ethyl adjacent to an activating group) is 1. The minimum absolute atomic E-state index is 0.358. The zero-order valence-electron chi connectivity index (χ0n) is 11.8. The standard InChI is InChI=1S/C14H22N4O/c1-17-7-3-5-14(17)6-4-8-18(10-14)12-9-13(19-2)16-11-15-12/h9,11H,3-8,10H2,1-2H3. The first-order valence-electron chi connectivity index (χ1n) is 7.06. The van der Waals surface area contributed by atoms with Gasteiger partial charge in [0.25, 0.3) is 0 Å². The Bertz CT molecular complexity index is 453. The Kier molecular flexibility index (Phi) is 3.31. The van der Waals surface area contributed by atoms with Gasteiger partial charge in [0.05, 0.1) is 7.11 Å². The van der Waals surface area contributed by atoms with Gasteiger partial charge < -0.3 is 9.64 Å². The van der Waals surface area contributed by atoms with Gasteiger partial charge in [-0.25, -0.2) is 9.97 Å². The third-order valence-electron chi connectivity index (χ3n) is 4.66. The molecule has 5 heteroatoms. The fourth-order valence-electron chi connectivity index (χ4n) is 3.51. The second-order valence-electron chi connectivity index (χ2n) is 5.69. The van der Waals surface area contributed by atoms with Gasteiger partial charge in [0.15, 0.2) is 0 Å². The zero-order valence-corrected chi connectivity index (χ0v) is 11.8. The molecule has 0 aliphatic carbocycles. The number of likely N-dealkylation sites (tertiary alicyclic amines) is 1. The van der Waals surface area contributed by atoms with E-state index in [0.717, 1.165) is 18.9 Å². The Hall–Kier alpha value is -1.36. The lowest BCUT2D eigenvalue weighted by Gasteiger charge is -2.45. The molecule has 3 heterocycles. The second-order valence-corrected chi connectivity index (χ2v) is 5.69. The molecule has 1 atom stereocenters. The Labute approximate surface area is 114 Å². The van der Waals surface area contributed by atoms with E-state index < -0.39 is 0 Å². The maximum absolute atomic E-state index is 5.20. The third-order valence-corrected chi connectivity index (χ3v) is 4.66. The summed E-state index contributed by atoms with van der Waals surface area (Å²) in [6.45, 7) is 3.38. The first-order valence-corrected chi connectivity index (χ1v) is 7.06. The van der Waals surface area contributed by atoms with Crippen molar-refractivity contribution in [3.05, 3.63) is 12.4 Å². The van der Waals surface area contributed by atoms with Gasteiger partial charge in [-0.15, -0.1) is 0 Å². The summed E-state index contributed by atoms with van der Waals surface area (Å²) in [5.41, 5.74) is 0.358. The van der Waals surface area contributed by atoms with Crippen molar-refractivity contribution in [1.82, 2.24) is 14.9 Å². The SMILES string of the molecule is COc1cc(N2CCCC3(CCCN3C)C2)ncn1. The molecule has 3 rings (SSSR count). The van der Waals surface area contributed by atoms with Crippen molar-refractivity contribution in [3.8, 4) is 5.88 Å². The van der Waals surface area contributed by atoms with Crippen LogP contribution >= 0.6 is 0 Å². The molecule has 2 saturated heterocycles. The molecule has 1 aromatic rings. The predicted octanol–water partition coefficient (Wildman–Crippen LogP) is 1.55. The molecule has 19 heavy (non-hydrogen) atoms. The van der Waals surface area contributed by atoms with Crippen LogP contribution in [0.5, 0.6) is 5.88 Å². The summed E-state index contributed by atoms with van der Waals surface area (Å²) in [4.78, 5) is 13.4. The van der Waals surface area contributed by atoms with Crippen molar-refractivity contribution < 1.29 is 4.74 Å². The summed E-state index contributed by atoms with van der Waals surface area (Å²) in [6, 6.07) is 1.94. The summed E-state index contributed by atoms with van der Waals surface area (Å²) in [7, 11) is 3.91. The number of ether oxygens (including phenoxy) is 1. The minimum atomic E-state index is 0.358. The second kappa shape index (κ2) is 4.96. The summed E-state index contributed by atoms with van der Waals surface area (Å²) in [6.07, 6.45) is 6.76. The van der Waals surface area contributed by atoms with E-state index in [9.17, 15) is 0 Å². The van der Waals surface area contributed by atoms with E-state index in [1.807, 2.05) is 6.07 Å². The van der Waals surface area contributed by atoms with Crippen molar-refractivity contribution in [1.29, 1.82) is 0 Å². The van der Waals surface area contributed by atoms with E-state index in [-0.39, 0.29) is 0 Å². The largest absolute Gasteiger partial charge is 0.481 e. The van der Waals surface area contributed by atoms with Crippen LogP contribution < -0.4 is 9.64 Å². The van der Waals surface area contributed by atoms with E-state index in [1.165, 1.54) is 32.2 Å². The van der Waals surface area contributed by atoms with Crippen LogP contribution in [0, 0.1) is 0 Å². The number of aromatic nitrogens is 2. The van der Waals surface area contributed by atoms with Crippen molar-refractivity contribution in [3.63, 3.8) is 0 Å². The third kappa shape index (κ3) is 2.27. The molecule has 2 aliphatic heterocycles. The van der Waals surface area contributed by atoms with Gasteiger partial charge in [0.1, 0.15) is 12.1 Å². The lowest BCUT2D eigenvalue weighted by Crippen LogP contribution is -2.54. The molecule has 5 nitrogen and oxygen atoms in total. The van der Waals surface area contributed by atoms with E-state index in [1.54, 1.807) is 13.4 Å². The lowest BCUT2D eigenvalue weighted by atomic mass is 9.86. The molecular weight excluding hydrogens is 240 g/mol. The molecule has 1 aromatic heterocycles. The minimum Gasteiger partial charge on any atom is -0.481 e. The number of methoxy groups -OCH3 is 1. The summed E-state index contributed by atoms with van der Waals surface area (Å²) >= 11 is 0. The van der Waals surface area contributed by atoms with Crippen LogP contribution in [0.2, 0.25) is 0 Å². The Morgan fingerprint density at radius 3 is 2.74 bits per heavy atom. The van der Waals surface area contributed by atoms with E-state index in [0.29, 0.717) is 11.4 Å². The van der Waals surface area contributed by atoms with Gasteiger partial charge in [-0.05, 0) is 39.3 Å². The highest BCUT2D eigenvalue weighted by atomic mass is 16.5. The van der Waals surface area contributed by atoms with E-state index >= 15 is 0 Å². The highest BCUT2D eigenvalue weighted by molar-refractivity contribution is 5.42. The number of rotatable bonds is 2. The van der Waals surface area contributed by atoms with Crippen molar-refractivity contribution in [2.24, 2.45) is 0 Å². The number of hydrogen-bond donors (Lipinski definition) is 0. The fourth-order valence-corrected chi connectivity index (χ4v) is 3.51. The van der Waals surface area contributed by atoms with Crippen molar-refractivity contribution in [2.45, 2.75) is 31.2 Å². The van der Waals surface area contributed by atoms with Crippen LogP contribution in [-0.4, -0.2) is 54.2 Å². The van der Waals surface area contributed by atoms with Crippen LogP contribution in [0.25, 0.3) is 0 Å². The van der Waals surface area contributed by atoms with Crippen LogP contribution in [0.3, 0.4) is 0 Å². The van der Waals surface area contributed by atoms with Crippen molar-refractivity contribution in [2.75, 3.05) is 38.7 Å². The number of piperidine rings is 1. The van der Waals surface area contributed by atoms with E-state index in [4.69, 9.17) is 4.74 Å². The first kappa shape index (κ1) is 12.7. The molecule has 0 saturated carbocycles. The Morgan fingerprint density at radius 2 is 2.00 bits per heavy atom. The topological polar surface area (TPSA) is 41.5 Å². The smallest absolute Gasteiger partial charge is 0.218 e. The van der Waals surface area contributed by atoms with Gasteiger partial charge in [-0.1, -0.05) is 0 Å². The van der Waals surface area contributed by atoms with Crippen molar-refractivity contribution >= 4 is 5.82 Å². The molecule has 104 valence electrons. The summed E-state index contributed by atoms with van der Waals surface area (Å²) in [5.74, 6) is 1.63. The monoisotopic (exact) mass is 262 g/mol. The predicted molar refractivity (Wildman–Crippen MR) is 74.6 cm³/mol. The van der Waals surface area contributed by atoms with Crippen LogP contribution in [0.4, 0.5) is 5.82 Å². The van der Waals surface area contributed by atoms with Crippen LogP contribution in [0.1, 0.15) is 25.7 Å². The van der Waals surface area contributed by atoms with Crippen LogP contribution in [0.15, 0.2) is 12.4 Å². The summed E-state index contributed by atoms with van der Waals surface area (Å²) in [5, 5.41) is 0. The molecule has 1 spiro atoms.